The predicted octanol–water partition coefficient (Wildman–Crippen LogP) is 4.40. The van der Waals surface area contributed by atoms with Crippen molar-refractivity contribution in [1.29, 1.82) is 0 Å². The van der Waals surface area contributed by atoms with Gasteiger partial charge in [-0.2, -0.15) is 0 Å². The van der Waals surface area contributed by atoms with Crippen LogP contribution in [-0.4, -0.2) is 20.4 Å². The average molecular weight is 350 g/mol. The third-order valence-electron chi connectivity index (χ3n) is 3.46. The maximum Gasteiger partial charge on any atom is 0.189 e. The zero-order valence-corrected chi connectivity index (χ0v) is 14.9. The number of rotatable bonds is 10. The van der Waals surface area contributed by atoms with Crippen molar-refractivity contribution in [2.45, 2.75) is 26.5 Å². The zero-order chi connectivity index (χ0) is 17.2. The van der Waals surface area contributed by atoms with Crippen LogP contribution in [0.25, 0.3) is 0 Å². The molecule has 0 unspecified atom stereocenters. The molecule has 0 amide bonds. The van der Waals surface area contributed by atoms with Gasteiger partial charge in [-0.05, 0) is 24.6 Å². The Morgan fingerprint density at radius 1 is 1.12 bits per heavy atom. The van der Waals surface area contributed by atoms with Gasteiger partial charge in [0.05, 0.1) is 13.7 Å². The van der Waals surface area contributed by atoms with E-state index in [-0.39, 0.29) is 6.79 Å². The Hall–Kier alpha value is -1.75. The van der Waals surface area contributed by atoms with E-state index in [9.17, 15) is 0 Å². The molecule has 0 heterocycles. The van der Waals surface area contributed by atoms with Crippen LogP contribution in [0.15, 0.2) is 42.5 Å². The van der Waals surface area contributed by atoms with Gasteiger partial charge in [-0.1, -0.05) is 48.9 Å². The Labute approximate surface area is 148 Å². The summed E-state index contributed by atoms with van der Waals surface area (Å²) in [5.41, 5.74) is 2.06. The van der Waals surface area contributed by atoms with Crippen molar-refractivity contribution in [2.75, 3.05) is 20.4 Å². The normalized spacial score (nSPS) is 10.6. The van der Waals surface area contributed by atoms with Crippen LogP contribution in [0.5, 0.6) is 11.5 Å². The van der Waals surface area contributed by atoms with Gasteiger partial charge in [0.1, 0.15) is 0 Å². The lowest BCUT2D eigenvalue weighted by atomic mass is 10.2. The molecule has 0 saturated heterocycles. The van der Waals surface area contributed by atoms with Crippen molar-refractivity contribution < 1.29 is 14.2 Å². The minimum Gasteiger partial charge on any atom is -0.493 e. The van der Waals surface area contributed by atoms with Crippen LogP contribution < -0.4 is 14.8 Å². The Bertz CT molecular complexity index is 620. The first-order valence-corrected chi connectivity index (χ1v) is 8.44. The van der Waals surface area contributed by atoms with Gasteiger partial charge in [0.2, 0.25) is 0 Å². The standard InChI is InChI=1S/C19H24ClNO3/c1-3-9-21-12-16-10-17(20)11-18(22-2)19(16)24-14-23-13-15-7-5-4-6-8-15/h4-8,10-11,21H,3,9,12-14H2,1-2H3. The van der Waals surface area contributed by atoms with Crippen molar-refractivity contribution in [2.24, 2.45) is 0 Å². The lowest BCUT2D eigenvalue weighted by Gasteiger charge is -2.16. The molecule has 0 aliphatic rings. The molecule has 0 aromatic heterocycles. The van der Waals surface area contributed by atoms with Crippen LogP contribution in [0.1, 0.15) is 24.5 Å². The van der Waals surface area contributed by atoms with Gasteiger partial charge in [0.15, 0.2) is 18.3 Å². The Balaban J connectivity index is 1.98. The van der Waals surface area contributed by atoms with Gasteiger partial charge in [0, 0.05) is 23.2 Å². The summed E-state index contributed by atoms with van der Waals surface area (Å²) >= 11 is 6.16. The second-order valence-corrected chi connectivity index (χ2v) is 5.81. The molecule has 0 atom stereocenters. The first-order valence-electron chi connectivity index (χ1n) is 8.06. The van der Waals surface area contributed by atoms with Crippen molar-refractivity contribution in [3.05, 3.63) is 58.6 Å². The summed E-state index contributed by atoms with van der Waals surface area (Å²) in [6, 6.07) is 13.6. The fourth-order valence-corrected chi connectivity index (χ4v) is 2.53. The monoisotopic (exact) mass is 349 g/mol. The SMILES string of the molecule is CCCNCc1cc(Cl)cc(OC)c1OCOCc1ccccc1. The van der Waals surface area contributed by atoms with Gasteiger partial charge in [-0.25, -0.2) is 0 Å². The number of nitrogens with one attached hydrogen (secondary N) is 1. The molecule has 24 heavy (non-hydrogen) atoms. The molecule has 2 aromatic rings. The van der Waals surface area contributed by atoms with Crippen LogP contribution in [0, 0.1) is 0 Å². The third kappa shape index (κ3) is 5.71. The summed E-state index contributed by atoms with van der Waals surface area (Å²) in [7, 11) is 1.60. The molecule has 4 nitrogen and oxygen atoms in total. The van der Waals surface area contributed by atoms with Crippen LogP contribution in [-0.2, 0) is 17.9 Å². The molecule has 0 aliphatic heterocycles. The molecule has 0 spiro atoms. The summed E-state index contributed by atoms with van der Waals surface area (Å²) in [5.74, 6) is 1.28. The maximum atomic E-state index is 6.16. The number of ether oxygens (including phenoxy) is 3. The highest BCUT2D eigenvalue weighted by Gasteiger charge is 2.13. The van der Waals surface area contributed by atoms with E-state index in [1.807, 2.05) is 36.4 Å². The van der Waals surface area contributed by atoms with E-state index in [1.165, 1.54) is 0 Å². The summed E-state index contributed by atoms with van der Waals surface area (Å²) < 4.78 is 16.8. The molecular weight excluding hydrogens is 326 g/mol. The van der Waals surface area contributed by atoms with E-state index in [1.54, 1.807) is 13.2 Å². The largest absolute Gasteiger partial charge is 0.493 e. The number of halogens is 1. The van der Waals surface area contributed by atoms with Crippen LogP contribution >= 0.6 is 11.6 Å². The Kier molecular flexibility index (Phi) is 7.89. The minimum atomic E-state index is 0.146. The van der Waals surface area contributed by atoms with E-state index in [0.29, 0.717) is 29.7 Å². The second kappa shape index (κ2) is 10.2. The molecule has 1 N–H and O–H groups in total. The smallest absolute Gasteiger partial charge is 0.189 e. The lowest BCUT2D eigenvalue weighted by molar-refractivity contribution is 0.00318. The van der Waals surface area contributed by atoms with Crippen molar-refractivity contribution in [3.63, 3.8) is 0 Å². The first-order chi connectivity index (χ1) is 11.7. The van der Waals surface area contributed by atoms with Crippen LogP contribution in [0.3, 0.4) is 0 Å². The highest BCUT2D eigenvalue weighted by atomic mass is 35.5. The zero-order valence-electron chi connectivity index (χ0n) is 14.2. The molecule has 130 valence electrons. The van der Waals surface area contributed by atoms with Crippen molar-refractivity contribution >= 4 is 11.6 Å². The summed E-state index contributed by atoms with van der Waals surface area (Å²) in [4.78, 5) is 0. The van der Waals surface area contributed by atoms with Crippen molar-refractivity contribution in [1.82, 2.24) is 5.32 Å². The Morgan fingerprint density at radius 3 is 2.62 bits per heavy atom. The minimum absolute atomic E-state index is 0.146. The molecule has 0 fully saturated rings. The average Bonchev–Trinajstić information content (AvgIpc) is 2.60. The molecule has 5 heteroatoms. The predicted molar refractivity (Wildman–Crippen MR) is 96.7 cm³/mol. The summed E-state index contributed by atoms with van der Waals surface area (Å²) in [6.45, 7) is 4.37. The van der Waals surface area contributed by atoms with Gasteiger partial charge >= 0.3 is 0 Å². The molecule has 0 saturated carbocycles. The fourth-order valence-electron chi connectivity index (χ4n) is 2.30. The molecule has 0 bridgehead atoms. The first kappa shape index (κ1) is 18.6. The van der Waals surface area contributed by atoms with E-state index in [4.69, 9.17) is 25.8 Å². The van der Waals surface area contributed by atoms with E-state index in [2.05, 4.69) is 12.2 Å². The van der Waals surface area contributed by atoms with E-state index >= 15 is 0 Å². The number of hydrogen-bond acceptors (Lipinski definition) is 4. The third-order valence-corrected chi connectivity index (χ3v) is 3.68. The molecule has 2 rings (SSSR count). The summed E-state index contributed by atoms with van der Waals surface area (Å²) in [5, 5.41) is 3.97. The number of benzene rings is 2. The number of hydrogen-bond donors (Lipinski definition) is 1. The lowest BCUT2D eigenvalue weighted by Crippen LogP contribution is -2.15. The van der Waals surface area contributed by atoms with Gasteiger partial charge in [-0.15, -0.1) is 0 Å². The van der Waals surface area contributed by atoms with Gasteiger partial charge in [-0.3, -0.25) is 0 Å². The van der Waals surface area contributed by atoms with Gasteiger partial charge < -0.3 is 19.5 Å². The number of methoxy groups -OCH3 is 1. The molecule has 0 aliphatic carbocycles. The second-order valence-electron chi connectivity index (χ2n) is 5.37. The quantitative estimate of drug-likeness (QED) is 0.509. The van der Waals surface area contributed by atoms with Crippen LogP contribution in [0.2, 0.25) is 5.02 Å². The van der Waals surface area contributed by atoms with Crippen molar-refractivity contribution in [3.8, 4) is 11.5 Å². The molecule has 2 aromatic carbocycles. The molecular formula is C19H24ClNO3. The molecule has 0 radical (unpaired) electrons. The fraction of sp³-hybridized carbons (Fsp3) is 0.368. The van der Waals surface area contributed by atoms with E-state index < -0.39 is 0 Å². The van der Waals surface area contributed by atoms with Crippen LogP contribution in [0.4, 0.5) is 0 Å². The summed E-state index contributed by atoms with van der Waals surface area (Å²) in [6.07, 6.45) is 1.06. The highest BCUT2D eigenvalue weighted by molar-refractivity contribution is 6.30. The topological polar surface area (TPSA) is 39.7 Å². The van der Waals surface area contributed by atoms with Gasteiger partial charge in [0.25, 0.3) is 0 Å². The van der Waals surface area contributed by atoms with E-state index in [0.717, 1.165) is 24.1 Å². The Morgan fingerprint density at radius 2 is 1.92 bits per heavy atom. The maximum absolute atomic E-state index is 6.16. The highest BCUT2D eigenvalue weighted by Crippen LogP contribution is 2.34.